The van der Waals surface area contributed by atoms with E-state index in [-0.39, 0.29) is 5.91 Å². The summed E-state index contributed by atoms with van der Waals surface area (Å²) in [5.74, 6) is -1.07. The van der Waals surface area contributed by atoms with Crippen LogP contribution in [-0.4, -0.2) is 65.0 Å². The van der Waals surface area contributed by atoms with Gasteiger partial charge >= 0.3 is 12.0 Å². The molecule has 7 heteroatoms. The molecule has 0 aliphatic carbocycles. The maximum absolute atomic E-state index is 11.8. The van der Waals surface area contributed by atoms with Crippen molar-refractivity contribution in [2.45, 2.75) is 26.3 Å². The van der Waals surface area contributed by atoms with Crippen molar-refractivity contribution in [2.75, 3.05) is 26.2 Å². The minimum absolute atomic E-state index is 0.00355. The van der Waals surface area contributed by atoms with Crippen molar-refractivity contribution >= 4 is 17.9 Å². The van der Waals surface area contributed by atoms with Crippen molar-refractivity contribution in [3.8, 4) is 0 Å². The zero-order valence-electron chi connectivity index (χ0n) is 10.7. The van der Waals surface area contributed by atoms with E-state index in [2.05, 4.69) is 5.32 Å². The van der Waals surface area contributed by atoms with Gasteiger partial charge in [-0.3, -0.25) is 9.59 Å². The molecule has 1 heterocycles. The number of aliphatic carboxylic acids is 1. The first kappa shape index (κ1) is 14.3. The van der Waals surface area contributed by atoms with Gasteiger partial charge in [0.1, 0.15) is 6.04 Å². The molecule has 1 atom stereocenters. The van der Waals surface area contributed by atoms with E-state index in [1.807, 2.05) is 0 Å². The second-order valence-corrected chi connectivity index (χ2v) is 4.36. The van der Waals surface area contributed by atoms with Crippen LogP contribution in [0.5, 0.6) is 0 Å². The highest BCUT2D eigenvalue weighted by Gasteiger charge is 2.22. The van der Waals surface area contributed by atoms with E-state index in [0.717, 1.165) is 0 Å². The van der Waals surface area contributed by atoms with Crippen molar-refractivity contribution in [1.82, 2.24) is 15.1 Å². The number of carbonyl (C=O) groups is 3. The van der Waals surface area contributed by atoms with E-state index in [1.165, 1.54) is 13.8 Å². The number of amides is 3. The fourth-order valence-corrected chi connectivity index (χ4v) is 1.77. The lowest BCUT2D eigenvalue weighted by atomic mass is 10.3. The topological polar surface area (TPSA) is 90.0 Å². The Morgan fingerprint density at radius 2 is 1.67 bits per heavy atom. The van der Waals surface area contributed by atoms with E-state index in [9.17, 15) is 14.4 Å². The Kier molecular flexibility index (Phi) is 4.94. The predicted molar refractivity (Wildman–Crippen MR) is 64.1 cm³/mol. The van der Waals surface area contributed by atoms with Crippen molar-refractivity contribution in [2.24, 2.45) is 0 Å². The van der Waals surface area contributed by atoms with Crippen LogP contribution < -0.4 is 5.32 Å². The number of nitrogens with zero attached hydrogens (tertiary/aromatic N) is 2. The number of rotatable bonds is 2. The molecule has 1 rings (SSSR count). The van der Waals surface area contributed by atoms with Crippen LogP contribution in [0.2, 0.25) is 0 Å². The summed E-state index contributed by atoms with van der Waals surface area (Å²) in [7, 11) is 0. The molecule has 7 nitrogen and oxygen atoms in total. The van der Waals surface area contributed by atoms with Gasteiger partial charge in [-0.05, 0) is 13.3 Å². The number of urea groups is 1. The highest BCUT2D eigenvalue weighted by atomic mass is 16.4. The second kappa shape index (κ2) is 6.23. The fraction of sp³-hybridized carbons (Fsp3) is 0.727. The molecule has 102 valence electrons. The lowest BCUT2D eigenvalue weighted by molar-refractivity contribution is -0.138. The van der Waals surface area contributed by atoms with Crippen LogP contribution >= 0.6 is 0 Å². The first-order chi connectivity index (χ1) is 8.41. The summed E-state index contributed by atoms with van der Waals surface area (Å²) in [4.78, 5) is 36.9. The van der Waals surface area contributed by atoms with Gasteiger partial charge in [-0.1, -0.05) is 0 Å². The molecule has 1 aliphatic rings. The van der Waals surface area contributed by atoms with E-state index < -0.39 is 18.0 Å². The van der Waals surface area contributed by atoms with E-state index in [4.69, 9.17) is 5.11 Å². The molecule has 0 aromatic carbocycles. The molecule has 0 spiro atoms. The number of carbonyl (C=O) groups excluding carboxylic acids is 2. The average molecular weight is 257 g/mol. The van der Waals surface area contributed by atoms with Gasteiger partial charge in [0.2, 0.25) is 5.91 Å². The van der Waals surface area contributed by atoms with Gasteiger partial charge < -0.3 is 20.2 Å². The third-order valence-electron chi connectivity index (χ3n) is 2.94. The Balaban J connectivity index is 2.50. The highest BCUT2D eigenvalue weighted by Crippen LogP contribution is 2.04. The van der Waals surface area contributed by atoms with Crippen LogP contribution in [0.1, 0.15) is 20.3 Å². The number of hydrogen-bond acceptors (Lipinski definition) is 3. The van der Waals surface area contributed by atoms with E-state index in [1.54, 1.807) is 9.80 Å². The Morgan fingerprint density at radius 1 is 1.11 bits per heavy atom. The number of carboxylic acid groups (broad SMARTS) is 1. The molecule has 1 fully saturated rings. The Labute approximate surface area is 106 Å². The summed E-state index contributed by atoms with van der Waals surface area (Å²) in [6.07, 6.45) is 0.703. The van der Waals surface area contributed by atoms with Crippen LogP contribution in [0.3, 0.4) is 0 Å². The molecule has 0 bridgehead atoms. The van der Waals surface area contributed by atoms with Crippen LogP contribution in [0.15, 0.2) is 0 Å². The van der Waals surface area contributed by atoms with Crippen molar-refractivity contribution in [1.29, 1.82) is 0 Å². The van der Waals surface area contributed by atoms with Gasteiger partial charge in [0.25, 0.3) is 0 Å². The Hall–Kier alpha value is -1.79. The monoisotopic (exact) mass is 257 g/mol. The zero-order valence-corrected chi connectivity index (χ0v) is 10.7. The largest absolute Gasteiger partial charge is 0.480 e. The fourth-order valence-electron chi connectivity index (χ4n) is 1.77. The first-order valence-electron chi connectivity index (χ1n) is 5.95. The second-order valence-electron chi connectivity index (χ2n) is 4.36. The molecule has 1 aliphatic heterocycles. The van der Waals surface area contributed by atoms with Gasteiger partial charge in [-0.2, -0.15) is 0 Å². The molecule has 1 saturated heterocycles. The van der Waals surface area contributed by atoms with Gasteiger partial charge in [0, 0.05) is 33.1 Å². The Morgan fingerprint density at radius 3 is 2.22 bits per heavy atom. The lowest BCUT2D eigenvalue weighted by Crippen LogP contribution is -2.47. The minimum atomic E-state index is -1.07. The molecule has 3 amide bonds. The maximum atomic E-state index is 11.8. The summed E-state index contributed by atoms with van der Waals surface area (Å²) in [6.45, 7) is 5.00. The number of hydrogen-bond donors (Lipinski definition) is 2. The van der Waals surface area contributed by atoms with Crippen LogP contribution in [0.25, 0.3) is 0 Å². The molecule has 0 saturated carbocycles. The minimum Gasteiger partial charge on any atom is -0.480 e. The molecular weight excluding hydrogens is 238 g/mol. The first-order valence-corrected chi connectivity index (χ1v) is 5.95. The summed E-state index contributed by atoms with van der Waals surface area (Å²) in [5.41, 5.74) is 0. The van der Waals surface area contributed by atoms with Gasteiger partial charge in [0.15, 0.2) is 0 Å². The van der Waals surface area contributed by atoms with Gasteiger partial charge in [-0.15, -0.1) is 0 Å². The molecule has 2 N–H and O–H groups in total. The van der Waals surface area contributed by atoms with Crippen LogP contribution in [-0.2, 0) is 9.59 Å². The summed E-state index contributed by atoms with van der Waals surface area (Å²) < 4.78 is 0. The van der Waals surface area contributed by atoms with E-state index >= 15 is 0 Å². The lowest BCUT2D eigenvalue weighted by Gasteiger charge is -2.22. The summed E-state index contributed by atoms with van der Waals surface area (Å²) in [5, 5.41) is 11.1. The quantitative estimate of drug-likeness (QED) is 0.712. The molecule has 18 heavy (non-hydrogen) atoms. The van der Waals surface area contributed by atoms with Gasteiger partial charge in [0.05, 0.1) is 0 Å². The molecular formula is C11H19N3O4. The Bertz CT molecular complexity index is 345. The van der Waals surface area contributed by atoms with Crippen LogP contribution in [0.4, 0.5) is 4.79 Å². The normalized spacial score (nSPS) is 17.9. The molecule has 0 aromatic heterocycles. The summed E-state index contributed by atoms with van der Waals surface area (Å²) in [6, 6.07) is -1.31. The number of nitrogens with one attached hydrogen (secondary N) is 1. The van der Waals surface area contributed by atoms with Crippen molar-refractivity contribution in [3.05, 3.63) is 0 Å². The van der Waals surface area contributed by atoms with Gasteiger partial charge in [-0.25, -0.2) is 4.79 Å². The van der Waals surface area contributed by atoms with Crippen molar-refractivity contribution < 1.29 is 19.5 Å². The van der Waals surface area contributed by atoms with Crippen LogP contribution in [0, 0.1) is 0 Å². The average Bonchev–Trinajstić information content (AvgIpc) is 2.53. The standard InChI is InChI=1S/C11H19N3O4/c1-8(10(16)17)12-11(18)14-5-3-4-13(6-7-14)9(2)15/h8H,3-7H2,1-2H3,(H,12,18)(H,16,17)/t8-/m0/s1. The maximum Gasteiger partial charge on any atom is 0.325 e. The third-order valence-corrected chi connectivity index (χ3v) is 2.94. The SMILES string of the molecule is CC(=O)N1CCCN(C(=O)N[C@@H](C)C(=O)O)CC1. The third kappa shape index (κ3) is 3.90. The van der Waals surface area contributed by atoms with E-state index in [0.29, 0.717) is 32.6 Å². The van der Waals surface area contributed by atoms with Crippen molar-refractivity contribution in [3.63, 3.8) is 0 Å². The zero-order chi connectivity index (χ0) is 13.7. The predicted octanol–water partition coefficient (Wildman–Crippen LogP) is -0.277. The number of carboxylic acids is 1. The molecule has 0 unspecified atom stereocenters. The smallest absolute Gasteiger partial charge is 0.325 e. The summed E-state index contributed by atoms with van der Waals surface area (Å²) >= 11 is 0. The highest BCUT2D eigenvalue weighted by molar-refractivity contribution is 5.82. The molecule has 0 radical (unpaired) electrons. The molecule has 0 aromatic rings.